The van der Waals surface area contributed by atoms with Crippen LogP contribution in [0.2, 0.25) is 0 Å². The lowest BCUT2D eigenvalue weighted by atomic mass is 9.98. The molecule has 1 aromatic heterocycles. The highest BCUT2D eigenvalue weighted by Gasteiger charge is 2.40. The molecule has 0 radical (unpaired) electrons. The van der Waals surface area contributed by atoms with Crippen molar-refractivity contribution in [1.29, 1.82) is 0 Å². The van der Waals surface area contributed by atoms with E-state index in [1.807, 2.05) is 12.5 Å². The smallest absolute Gasteiger partial charge is 0.0945 e. The Hall–Kier alpha value is -0.580. The van der Waals surface area contributed by atoms with Crippen LogP contribution in [0, 0.1) is 11.8 Å². The van der Waals surface area contributed by atoms with Gasteiger partial charge in [0.15, 0.2) is 0 Å². The molecule has 2 aliphatic rings. The van der Waals surface area contributed by atoms with Gasteiger partial charge in [0, 0.05) is 38.9 Å². The van der Waals surface area contributed by atoms with Crippen LogP contribution in [0.1, 0.15) is 18.5 Å². The number of aryl methyl sites for hydroxylation is 1. The van der Waals surface area contributed by atoms with E-state index >= 15 is 0 Å². The summed E-state index contributed by atoms with van der Waals surface area (Å²) in [6.07, 6.45) is 6.40. The fraction of sp³-hybridized carbons (Fsp3) is 0.750. The molecule has 0 bridgehead atoms. The summed E-state index contributed by atoms with van der Waals surface area (Å²) in [6.45, 7) is 3.43. The zero-order valence-corrected chi connectivity index (χ0v) is 11.1. The number of likely N-dealkylation sites (tertiary alicyclic amines) is 1. The standard InChI is InChI=1S/C12H20N4.ClH/c1-15-8-14-4-10(15)6-16-5-9-2-3-12(13)11(9)7-16;/h4,8-9,11-12H,2-3,5-7,13H2,1H3;1H. The van der Waals surface area contributed by atoms with Gasteiger partial charge in [-0.15, -0.1) is 12.4 Å². The van der Waals surface area contributed by atoms with E-state index in [0.29, 0.717) is 6.04 Å². The van der Waals surface area contributed by atoms with Gasteiger partial charge in [0.25, 0.3) is 0 Å². The van der Waals surface area contributed by atoms with Crippen LogP contribution in [-0.4, -0.2) is 33.6 Å². The molecule has 1 saturated heterocycles. The molecule has 0 amide bonds. The lowest BCUT2D eigenvalue weighted by molar-refractivity contribution is 0.292. The van der Waals surface area contributed by atoms with Gasteiger partial charge < -0.3 is 10.3 Å². The number of nitrogens with zero attached hydrogens (tertiary/aromatic N) is 3. The first-order valence-corrected chi connectivity index (χ1v) is 6.17. The van der Waals surface area contributed by atoms with Crippen molar-refractivity contribution in [3.63, 3.8) is 0 Å². The maximum atomic E-state index is 6.14. The van der Waals surface area contributed by atoms with Crippen molar-refractivity contribution in [3.8, 4) is 0 Å². The third-order valence-electron chi connectivity index (χ3n) is 4.29. The maximum Gasteiger partial charge on any atom is 0.0945 e. The Labute approximate surface area is 109 Å². The minimum absolute atomic E-state index is 0. The van der Waals surface area contributed by atoms with Gasteiger partial charge in [-0.3, -0.25) is 4.90 Å². The Bertz CT molecular complexity index is 378. The number of halogens is 1. The molecule has 3 unspecified atom stereocenters. The van der Waals surface area contributed by atoms with Crippen LogP contribution in [0.4, 0.5) is 0 Å². The fourth-order valence-corrected chi connectivity index (χ4v) is 3.29. The van der Waals surface area contributed by atoms with Gasteiger partial charge in [-0.1, -0.05) is 0 Å². The van der Waals surface area contributed by atoms with E-state index in [4.69, 9.17) is 5.73 Å². The van der Waals surface area contributed by atoms with Crippen molar-refractivity contribution >= 4 is 12.4 Å². The predicted molar refractivity (Wildman–Crippen MR) is 69.9 cm³/mol. The molecular weight excluding hydrogens is 236 g/mol. The second-order valence-electron chi connectivity index (χ2n) is 5.36. The molecule has 96 valence electrons. The highest BCUT2D eigenvalue weighted by atomic mass is 35.5. The van der Waals surface area contributed by atoms with E-state index < -0.39 is 0 Å². The Morgan fingerprint density at radius 2 is 2.24 bits per heavy atom. The lowest BCUT2D eigenvalue weighted by Gasteiger charge is -2.18. The minimum Gasteiger partial charge on any atom is -0.337 e. The molecule has 3 atom stereocenters. The number of aromatic nitrogens is 2. The van der Waals surface area contributed by atoms with E-state index in [2.05, 4.69) is 21.5 Å². The Balaban J connectivity index is 0.00000108. The summed E-state index contributed by atoms with van der Waals surface area (Å²) < 4.78 is 2.11. The molecule has 0 aromatic carbocycles. The van der Waals surface area contributed by atoms with Crippen LogP contribution in [0.3, 0.4) is 0 Å². The van der Waals surface area contributed by atoms with E-state index in [-0.39, 0.29) is 12.4 Å². The number of hydrogen-bond donors (Lipinski definition) is 1. The van der Waals surface area contributed by atoms with Crippen molar-refractivity contribution in [2.45, 2.75) is 25.4 Å². The average Bonchev–Trinajstić information content (AvgIpc) is 2.90. The normalized spacial score (nSPS) is 32.5. The molecule has 0 spiro atoms. The van der Waals surface area contributed by atoms with Crippen molar-refractivity contribution < 1.29 is 0 Å². The topological polar surface area (TPSA) is 47.1 Å². The van der Waals surface area contributed by atoms with Gasteiger partial charge in [0.05, 0.1) is 12.0 Å². The van der Waals surface area contributed by atoms with Gasteiger partial charge >= 0.3 is 0 Å². The minimum atomic E-state index is 0. The number of nitrogens with two attached hydrogens (primary N) is 1. The Kier molecular flexibility index (Phi) is 3.76. The molecule has 1 aliphatic carbocycles. The van der Waals surface area contributed by atoms with E-state index in [1.165, 1.54) is 31.6 Å². The summed E-state index contributed by atoms with van der Waals surface area (Å²) in [6, 6.07) is 0.446. The Morgan fingerprint density at radius 3 is 2.88 bits per heavy atom. The maximum absolute atomic E-state index is 6.14. The van der Waals surface area contributed by atoms with Crippen LogP contribution in [-0.2, 0) is 13.6 Å². The molecule has 1 aliphatic heterocycles. The van der Waals surface area contributed by atoms with Gasteiger partial charge in [0.1, 0.15) is 0 Å². The number of rotatable bonds is 2. The molecule has 5 heteroatoms. The van der Waals surface area contributed by atoms with Crippen LogP contribution < -0.4 is 5.73 Å². The molecule has 2 N–H and O–H groups in total. The molecule has 3 rings (SSSR count). The van der Waals surface area contributed by atoms with Gasteiger partial charge in [-0.05, 0) is 24.7 Å². The largest absolute Gasteiger partial charge is 0.337 e. The second-order valence-corrected chi connectivity index (χ2v) is 5.36. The monoisotopic (exact) mass is 256 g/mol. The summed E-state index contributed by atoms with van der Waals surface area (Å²) in [5.41, 5.74) is 7.44. The zero-order chi connectivity index (χ0) is 11.1. The zero-order valence-electron chi connectivity index (χ0n) is 10.2. The molecule has 1 saturated carbocycles. The van der Waals surface area contributed by atoms with Crippen LogP contribution >= 0.6 is 12.4 Å². The summed E-state index contributed by atoms with van der Waals surface area (Å²) in [7, 11) is 2.06. The third-order valence-corrected chi connectivity index (χ3v) is 4.29. The predicted octanol–water partition coefficient (Wildman–Crippen LogP) is 1.01. The first-order chi connectivity index (χ1) is 7.74. The first-order valence-electron chi connectivity index (χ1n) is 6.17. The van der Waals surface area contributed by atoms with Crippen LogP contribution in [0.25, 0.3) is 0 Å². The summed E-state index contributed by atoms with van der Waals surface area (Å²) >= 11 is 0. The molecule has 2 fully saturated rings. The Morgan fingerprint density at radius 1 is 1.41 bits per heavy atom. The van der Waals surface area contributed by atoms with Crippen LogP contribution in [0.5, 0.6) is 0 Å². The summed E-state index contributed by atoms with van der Waals surface area (Å²) in [5.74, 6) is 1.59. The summed E-state index contributed by atoms with van der Waals surface area (Å²) in [5, 5.41) is 0. The number of hydrogen-bond acceptors (Lipinski definition) is 3. The highest BCUT2D eigenvalue weighted by molar-refractivity contribution is 5.85. The SMILES string of the molecule is Cl.Cn1cncc1CN1CC2CCC(N)C2C1. The molecule has 17 heavy (non-hydrogen) atoms. The highest BCUT2D eigenvalue weighted by Crippen LogP contribution is 2.37. The first kappa shape index (κ1) is 12.9. The molecular formula is C12H21ClN4. The second kappa shape index (κ2) is 4.96. The van der Waals surface area contributed by atoms with Crippen molar-refractivity contribution in [3.05, 3.63) is 18.2 Å². The third kappa shape index (κ3) is 2.34. The number of fused-ring (bicyclic) bond motifs is 1. The van der Waals surface area contributed by atoms with Gasteiger partial charge in [-0.25, -0.2) is 4.98 Å². The van der Waals surface area contributed by atoms with E-state index in [1.54, 1.807) is 0 Å². The van der Waals surface area contributed by atoms with Gasteiger partial charge in [-0.2, -0.15) is 0 Å². The summed E-state index contributed by atoms with van der Waals surface area (Å²) in [4.78, 5) is 6.70. The van der Waals surface area contributed by atoms with Crippen molar-refractivity contribution in [2.24, 2.45) is 24.6 Å². The van der Waals surface area contributed by atoms with E-state index in [9.17, 15) is 0 Å². The molecule has 2 heterocycles. The molecule has 4 nitrogen and oxygen atoms in total. The molecule has 1 aromatic rings. The quantitative estimate of drug-likeness (QED) is 0.859. The lowest BCUT2D eigenvalue weighted by Crippen LogP contribution is -2.30. The van der Waals surface area contributed by atoms with Crippen molar-refractivity contribution in [2.75, 3.05) is 13.1 Å². The van der Waals surface area contributed by atoms with E-state index in [0.717, 1.165) is 18.4 Å². The fourth-order valence-electron chi connectivity index (χ4n) is 3.29. The van der Waals surface area contributed by atoms with Gasteiger partial charge in [0.2, 0.25) is 0 Å². The van der Waals surface area contributed by atoms with Crippen LogP contribution in [0.15, 0.2) is 12.5 Å². The van der Waals surface area contributed by atoms with Crippen molar-refractivity contribution in [1.82, 2.24) is 14.5 Å². The average molecular weight is 257 g/mol. The number of imidazole rings is 1.